The number of hydrogen-bond donors (Lipinski definition) is 1. The summed E-state index contributed by atoms with van der Waals surface area (Å²) in [5.74, 6) is 1.80. The maximum Gasteiger partial charge on any atom is 0.117 e. The molecule has 0 amide bonds. The maximum atomic E-state index is 5.43. The Morgan fingerprint density at radius 2 is 2.35 bits per heavy atom. The van der Waals surface area contributed by atoms with Crippen LogP contribution >= 0.6 is 0 Å². The Labute approximate surface area is 104 Å². The van der Waals surface area contributed by atoms with Crippen LogP contribution in [0.4, 0.5) is 0 Å². The van der Waals surface area contributed by atoms with E-state index in [4.69, 9.17) is 4.42 Å². The van der Waals surface area contributed by atoms with Crippen molar-refractivity contribution in [2.45, 2.75) is 26.8 Å². The van der Waals surface area contributed by atoms with Gasteiger partial charge in [0.25, 0.3) is 0 Å². The van der Waals surface area contributed by atoms with Crippen LogP contribution in [0, 0.1) is 11.3 Å². The Morgan fingerprint density at radius 1 is 1.53 bits per heavy atom. The minimum atomic E-state index is 0.447. The first-order chi connectivity index (χ1) is 8.12. The van der Waals surface area contributed by atoms with Crippen molar-refractivity contribution in [3.05, 3.63) is 24.2 Å². The molecule has 1 saturated heterocycles. The number of hydrogen-bond acceptors (Lipinski definition) is 3. The summed E-state index contributed by atoms with van der Waals surface area (Å²) in [6.07, 6.45) is 3.02. The highest BCUT2D eigenvalue weighted by molar-refractivity contribution is 4.99. The van der Waals surface area contributed by atoms with E-state index in [1.54, 1.807) is 6.26 Å². The van der Waals surface area contributed by atoms with Gasteiger partial charge in [-0.3, -0.25) is 4.90 Å². The second-order valence-corrected chi connectivity index (χ2v) is 5.81. The predicted octanol–water partition coefficient (Wildman–Crippen LogP) is 2.35. The molecule has 1 fully saturated rings. The standard InChI is InChI=1S/C14H24N2O/c1-14(2)6-7-16(10-12(14)9-15-3)11-13-5-4-8-17-13/h4-5,8,12,15H,6-7,9-11H2,1-3H3. The molecule has 3 heteroatoms. The van der Waals surface area contributed by atoms with E-state index >= 15 is 0 Å². The van der Waals surface area contributed by atoms with E-state index in [1.807, 2.05) is 13.1 Å². The van der Waals surface area contributed by atoms with Gasteiger partial charge in [0.2, 0.25) is 0 Å². The Hall–Kier alpha value is -0.800. The summed E-state index contributed by atoms with van der Waals surface area (Å²) in [5.41, 5.74) is 0.447. The van der Waals surface area contributed by atoms with Crippen LogP contribution in [-0.4, -0.2) is 31.6 Å². The highest BCUT2D eigenvalue weighted by Gasteiger charge is 2.34. The summed E-state index contributed by atoms with van der Waals surface area (Å²) in [6, 6.07) is 4.03. The molecular formula is C14H24N2O. The molecule has 0 saturated carbocycles. The molecule has 17 heavy (non-hydrogen) atoms. The van der Waals surface area contributed by atoms with Crippen molar-refractivity contribution in [2.75, 3.05) is 26.7 Å². The number of likely N-dealkylation sites (tertiary alicyclic amines) is 1. The van der Waals surface area contributed by atoms with Crippen molar-refractivity contribution < 1.29 is 4.42 Å². The molecule has 0 spiro atoms. The number of piperidine rings is 1. The van der Waals surface area contributed by atoms with E-state index in [2.05, 4.69) is 30.1 Å². The summed E-state index contributed by atoms with van der Waals surface area (Å²) in [4.78, 5) is 2.51. The third-order valence-electron chi connectivity index (χ3n) is 4.07. The molecule has 1 unspecified atom stereocenters. The number of nitrogens with zero attached hydrogens (tertiary/aromatic N) is 1. The first-order valence-electron chi connectivity index (χ1n) is 6.51. The predicted molar refractivity (Wildman–Crippen MR) is 69.8 cm³/mol. The van der Waals surface area contributed by atoms with Gasteiger partial charge in [0.15, 0.2) is 0 Å². The summed E-state index contributed by atoms with van der Waals surface area (Å²) in [7, 11) is 2.04. The molecule has 0 radical (unpaired) electrons. The Morgan fingerprint density at radius 3 is 3.00 bits per heavy atom. The van der Waals surface area contributed by atoms with Gasteiger partial charge in [-0.2, -0.15) is 0 Å². The van der Waals surface area contributed by atoms with Gasteiger partial charge in [-0.1, -0.05) is 13.8 Å². The van der Waals surface area contributed by atoms with E-state index in [9.17, 15) is 0 Å². The van der Waals surface area contributed by atoms with Crippen molar-refractivity contribution in [1.29, 1.82) is 0 Å². The third kappa shape index (κ3) is 3.11. The molecule has 1 aliphatic rings. The van der Waals surface area contributed by atoms with E-state index in [-0.39, 0.29) is 0 Å². The minimum absolute atomic E-state index is 0.447. The molecule has 2 rings (SSSR count). The van der Waals surface area contributed by atoms with Gasteiger partial charge in [-0.25, -0.2) is 0 Å². The Bertz CT molecular complexity index is 332. The van der Waals surface area contributed by atoms with E-state index in [0.29, 0.717) is 5.41 Å². The lowest BCUT2D eigenvalue weighted by Crippen LogP contribution is -2.47. The van der Waals surface area contributed by atoms with E-state index < -0.39 is 0 Å². The lowest BCUT2D eigenvalue weighted by Gasteiger charge is -2.43. The van der Waals surface area contributed by atoms with Crippen LogP contribution in [0.25, 0.3) is 0 Å². The molecule has 0 bridgehead atoms. The summed E-state index contributed by atoms with van der Waals surface area (Å²) in [5, 5.41) is 3.32. The average molecular weight is 236 g/mol. The number of nitrogens with one attached hydrogen (secondary N) is 1. The van der Waals surface area contributed by atoms with Crippen LogP contribution < -0.4 is 5.32 Å². The zero-order valence-electron chi connectivity index (χ0n) is 11.2. The molecule has 1 aromatic heterocycles. The van der Waals surface area contributed by atoms with Crippen molar-refractivity contribution in [3.63, 3.8) is 0 Å². The second-order valence-electron chi connectivity index (χ2n) is 5.81. The second kappa shape index (κ2) is 5.23. The van der Waals surface area contributed by atoms with Crippen molar-refractivity contribution >= 4 is 0 Å². The van der Waals surface area contributed by atoms with Gasteiger partial charge < -0.3 is 9.73 Å². The zero-order chi connectivity index (χ0) is 12.3. The number of rotatable bonds is 4. The highest BCUT2D eigenvalue weighted by atomic mass is 16.3. The molecule has 2 heterocycles. The topological polar surface area (TPSA) is 28.4 Å². The largest absolute Gasteiger partial charge is 0.468 e. The van der Waals surface area contributed by atoms with Crippen molar-refractivity contribution in [1.82, 2.24) is 10.2 Å². The van der Waals surface area contributed by atoms with Crippen molar-refractivity contribution in [2.24, 2.45) is 11.3 Å². The zero-order valence-corrected chi connectivity index (χ0v) is 11.2. The van der Waals surface area contributed by atoms with Crippen LogP contribution in [0.2, 0.25) is 0 Å². The lowest BCUT2D eigenvalue weighted by molar-refractivity contribution is 0.0527. The molecule has 1 N–H and O–H groups in total. The maximum absolute atomic E-state index is 5.43. The normalized spacial score (nSPS) is 25.0. The molecule has 1 aliphatic heterocycles. The summed E-state index contributed by atoms with van der Waals surface area (Å²) < 4.78 is 5.43. The first kappa shape index (κ1) is 12.7. The first-order valence-corrected chi connectivity index (χ1v) is 6.51. The van der Waals surface area contributed by atoms with E-state index in [0.717, 1.165) is 31.3 Å². The highest BCUT2D eigenvalue weighted by Crippen LogP contribution is 2.35. The van der Waals surface area contributed by atoms with Crippen LogP contribution in [-0.2, 0) is 6.54 Å². The number of furan rings is 1. The minimum Gasteiger partial charge on any atom is -0.468 e. The Kier molecular flexibility index (Phi) is 3.89. The fourth-order valence-electron chi connectivity index (χ4n) is 2.65. The van der Waals surface area contributed by atoms with Crippen LogP contribution in [0.1, 0.15) is 26.0 Å². The summed E-state index contributed by atoms with van der Waals surface area (Å²) in [6.45, 7) is 9.16. The fourth-order valence-corrected chi connectivity index (χ4v) is 2.65. The molecule has 96 valence electrons. The van der Waals surface area contributed by atoms with E-state index in [1.165, 1.54) is 13.0 Å². The molecular weight excluding hydrogens is 212 g/mol. The van der Waals surface area contributed by atoms with Gasteiger partial charge in [-0.05, 0) is 50.0 Å². The average Bonchev–Trinajstić information content (AvgIpc) is 2.76. The van der Waals surface area contributed by atoms with Gasteiger partial charge >= 0.3 is 0 Å². The van der Waals surface area contributed by atoms with Gasteiger partial charge in [0.05, 0.1) is 12.8 Å². The molecule has 1 aromatic rings. The van der Waals surface area contributed by atoms with Crippen LogP contribution in [0.3, 0.4) is 0 Å². The molecule has 1 atom stereocenters. The Balaban J connectivity index is 1.94. The SMILES string of the molecule is CNCC1CN(Cc2ccco2)CCC1(C)C. The molecule has 0 aromatic carbocycles. The van der Waals surface area contributed by atoms with Gasteiger partial charge in [0, 0.05) is 6.54 Å². The van der Waals surface area contributed by atoms with Crippen molar-refractivity contribution in [3.8, 4) is 0 Å². The quantitative estimate of drug-likeness (QED) is 0.870. The van der Waals surface area contributed by atoms with Crippen LogP contribution in [0.5, 0.6) is 0 Å². The molecule has 0 aliphatic carbocycles. The van der Waals surface area contributed by atoms with Gasteiger partial charge in [-0.15, -0.1) is 0 Å². The lowest BCUT2D eigenvalue weighted by atomic mass is 9.73. The smallest absolute Gasteiger partial charge is 0.117 e. The van der Waals surface area contributed by atoms with Gasteiger partial charge in [0.1, 0.15) is 5.76 Å². The monoisotopic (exact) mass is 236 g/mol. The summed E-state index contributed by atoms with van der Waals surface area (Å²) >= 11 is 0. The third-order valence-corrected chi connectivity index (χ3v) is 4.07. The van der Waals surface area contributed by atoms with Crippen LogP contribution in [0.15, 0.2) is 22.8 Å². The fraction of sp³-hybridized carbons (Fsp3) is 0.714. The molecule has 3 nitrogen and oxygen atoms in total.